The van der Waals surface area contributed by atoms with Crippen LogP contribution in [-0.2, 0) is 19.5 Å². The fourth-order valence-corrected chi connectivity index (χ4v) is 5.07. The first-order valence-corrected chi connectivity index (χ1v) is 11.5. The molecule has 4 rings (SSSR count). The van der Waals surface area contributed by atoms with E-state index >= 15 is 0 Å². The highest BCUT2D eigenvalue weighted by Crippen LogP contribution is 2.28. The molecule has 166 valence electrons. The van der Waals surface area contributed by atoms with Crippen LogP contribution in [0.2, 0.25) is 0 Å². The molecule has 0 aromatic heterocycles. The predicted octanol–water partition coefficient (Wildman–Crippen LogP) is 1.94. The van der Waals surface area contributed by atoms with Gasteiger partial charge in [-0.1, -0.05) is 6.07 Å². The molecule has 0 unspecified atom stereocenters. The van der Waals surface area contributed by atoms with Gasteiger partial charge in [-0.3, -0.25) is 4.79 Å². The second-order valence-corrected chi connectivity index (χ2v) is 9.20. The van der Waals surface area contributed by atoms with E-state index in [1.165, 1.54) is 34.6 Å². The first-order chi connectivity index (χ1) is 14.9. The van der Waals surface area contributed by atoms with Crippen molar-refractivity contribution < 1.29 is 27.1 Å². The summed E-state index contributed by atoms with van der Waals surface area (Å²) in [5.41, 5.74) is 1.11. The van der Waals surface area contributed by atoms with Gasteiger partial charge in [0.25, 0.3) is 5.91 Å². The maximum absolute atomic E-state index is 13.5. The fraction of sp³-hybridized carbons (Fsp3) is 0.381. The Morgan fingerprint density at radius 3 is 2.29 bits per heavy atom. The summed E-state index contributed by atoms with van der Waals surface area (Å²) in [6.45, 7) is 3.37. The molecule has 2 aliphatic heterocycles. The number of carbonyl (C=O) groups excluding carboxylic acids is 1. The van der Waals surface area contributed by atoms with Crippen LogP contribution in [-0.4, -0.2) is 71.2 Å². The maximum atomic E-state index is 13.5. The van der Waals surface area contributed by atoms with Gasteiger partial charge in [-0.05, 0) is 36.4 Å². The number of hydrogen-bond acceptors (Lipinski definition) is 6. The SMILES string of the molecule is O=C(Nc1cccc(F)c1)c1cc(S(=O)(=O)N2CCOCC2)ccc1N1CCOCC1. The Morgan fingerprint density at radius 2 is 1.61 bits per heavy atom. The molecule has 0 aliphatic carbocycles. The summed E-state index contributed by atoms with van der Waals surface area (Å²) in [5, 5.41) is 2.67. The highest BCUT2D eigenvalue weighted by atomic mass is 32.2. The molecule has 2 aliphatic rings. The predicted molar refractivity (Wildman–Crippen MR) is 113 cm³/mol. The first-order valence-electron chi connectivity index (χ1n) is 10.1. The molecule has 1 N–H and O–H groups in total. The average molecular weight is 450 g/mol. The lowest BCUT2D eigenvalue weighted by molar-refractivity contribution is 0.0730. The quantitative estimate of drug-likeness (QED) is 0.751. The third kappa shape index (κ3) is 4.87. The second-order valence-electron chi connectivity index (χ2n) is 7.26. The summed E-state index contributed by atoms with van der Waals surface area (Å²) in [6.07, 6.45) is 0. The van der Waals surface area contributed by atoms with Gasteiger partial charge in [0.05, 0.1) is 36.9 Å². The van der Waals surface area contributed by atoms with Gasteiger partial charge >= 0.3 is 0 Å². The standard InChI is InChI=1S/C21H24FN3O5S/c22-16-2-1-3-17(14-16)23-21(26)19-15-18(31(27,28)25-8-12-30-13-9-25)4-5-20(19)24-6-10-29-11-7-24/h1-5,14-15H,6-13H2,(H,23,26). The average Bonchev–Trinajstić information content (AvgIpc) is 2.80. The van der Waals surface area contributed by atoms with Crippen LogP contribution in [0, 0.1) is 5.82 Å². The number of hydrogen-bond donors (Lipinski definition) is 1. The molecule has 0 bridgehead atoms. The van der Waals surface area contributed by atoms with Crippen molar-refractivity contribution in [3.05, 3.63) is 53.8 Å². The molecule has 2 fully saturated rings. The minimum atomic E-state index is -3.77. The molecule has 0 radical (unpaired) electrons. The van der Waals surface area contributed by atoms with Crippen molar-refractivity contribution in [1.82, 2.24) is 4.31 Å². The van der Waals surface area contributed by atoms with Crippen LogP contribution < -0.4 is 10.2 Å². The number of nitrogens with one attached hydrogen (secondary N) is 1. The van der Waals surface area contributed by atoms with E-state index in [4.69, 9.17) is 9.47 Å². The normalized spacial score (nSPS) is 18.0. The number of ether oxygens (including phenoxy) is 2. The van der Waals surface area contributed by atoms with Crippen molar-refractivity contribution in [2.45, 2.75) is 4.90 Å². The van der Waals surface area contributed by atoms with Gasteiger partial charge in [-0.25, -0.2) is 12.8 Å². The molecule has 1 amide bonds. The smallest absolute Gasteiger partial charge is 0.257 e. The van der Waals surface area contributed by atoms with Crippen molar-refractivity contribution in [2.75, 3.05) is 62.8 Å². The summed E-state index contributed by atoms with van der Waals surface area (Å²) in [4.78, 5) is 15.1. The van der Waals surface area contributed by atoms with Gasteiger partial charge in [0.1, 0.15) is 5.82 Å². The fourth-order valence-electron chi connectivity index (χ4n) is 3.64. The summed E-state index contributed by atoms with van der Waals surface area (Å²) in [7, 11) is -3.77. The van der Waals surface area contributed by atoms with E-state index in [-0.39, 0.29) is 23.5 Å². The molecule has 2 heterocycles. The van der Waals surface area contributed by atoms with E-state index in [9.17, 15) is 17.6 Å². The van der Waals surface area contributed by atoms with Crippen LogP contribution in [0.1, 0.15) is 10.4 Å². The topological polar surface area (TPSA) is 88.2 Å². The van der Waals surface area contributed by atoms with Crippen LogP contribution in [0.15, 0.2) is 47.4 Å². The Morgan fingerprint density at radius 1 is 0.935 bits per heavy atom. The lowest BCUT2D eigenvalue weighted by Gasteiger charge is -2.31. The zero-order valence-corrected chi connectivity index (χ0v) is 17.7. The highest BCUT2D eigenvalue weighted by Gasteiger charge is 2.29. The van der Waals surface area contributed by atoms with Crippen LogP contribution in [0.3, 0.4) is 0 Å². The van der Waals surface area contributed by atoms with Gasteiger partial charge in [0.15, 0.2) is 0 Å². The number of anilines is 2. The zero-order valence-electron chi connectivity index (χ0n) is 16.9. The molecular weight excluding hydrogens is 425 g/mol. The number of nitrogens with zero attached hydrogens (tertiary/aromatic N) is 2. The van der Waals surface area contributed by atoms with E-state index in [1.54, 1.807) is 12.1 Å². The molecule has 10 heteroatoms. The Kier molecular flexibility index (Phi) is 6.51. The highest BCUT2D eigenvalue weighted by molar-refractivity contribution is 7.89. The largest absolute Gasteiger partial charge is 0.379 e. The minimum absolute atomic E-state index is 0.0378. The number of benzene rings is 2. The number of rotatable bonds is 5. The molecule has 8 nitrogen and oxygen atoms in total. The molecule has 2 saturated heterocycles. The van der Waals surface area contributed by atoms with E-state index in [0.29, 0.717) is 50.9 Å². The summed E-state index contributed by atoms with van der Waals surface area (Å²) >= 11 is 0. The molecule has 31 heavy (non-hydrogen) atoms. The molecule has 0 spiro atoms. The Hall–Kier alpha value is -2.53. The van der Waals surface area contributed by atoms with Crippen molar-refractivity contribution in [3.8, 4) is 0 Å². The number of halogens is 1. The van der Waals surface area contributed by atoms with Gasteiger partial charge in [-0.2, -0.15) is 4.31 Å². The van der Waals surface area contributed by atoms with Gasteiger partial charge < -0.3 is 19.7 Å². The summed E-state index contributed by atoms with van der Waals surface area (Å²) in [5.74, 6) is -0.985. The van der Waals surface area contributed by atoms with Crippen molar-refractivity contribution in [3.63, 3.8) is 0 Å². The molecular formula is C21H24FN3O5S. The minimum Gasteiger partial charge on any atom is -0.379 e. The van der Waals surface area contributed by atoms with E-state index in [0.717, 1.165) is 0 Å². The van der Waals surface area contributed by atoms with Gasteiger partial charge in [0.2, 0.25) is 10.0 Å². The van der Waals surface area contributed by atoms with E-state index < -0.39 is 21.7 Å². The number of carbonyl (C=O) groups is 1. The van der Waals surface area contributed by atoms with Gasteiger partial charge in [-0.15, -0.1) is 0 Å². The third-order valence-corrected chi connectivity index (χ3v) is 7.15. The first kappa shape index (κ1) is 21.7. The molecule has 2 aromatic carbocycles. The number of amides is 1. The maximum Gasteiger partial charge on any atom is 0.257 e. The van der Waals surface area contributed by atoms with Gasteiger partial charge in [0, 0.05) is 37.6 Å². The molecule has 0 atom stereocenters. The third-order valence-electron chi connectivity index (χ3n) is 5.25. The van der Waals surface area contributed by atoms with Crippen molar-refractivity contribution in [2.24, 2.45) is 0 Å². The van der Waals surface area contributed by atoms with Crippen LogP contribution >= 0.6 is 0 Å². The van der Waals surface area contributed by atoms with Crippen molar-refractivity contribution in [1.29, 1.82) is 0 Å². The number of sulfonamides is 1. The zero-order chi connectivity index (χ0) is 21.8. The van der Waals surface area contributed by atoms with E-state index in [2.05, 4.69) is 5.32 Å². The lowest BCUT2D eigenvalue weighted by atomic mass is 10.1. The summed E-state index contributed by atoms with van der Waals surface area (Å²) < 4.78 is 51.8. The molecule has 0 saturated carbocycles. The Bertz CT molecular complexity index is 1050. The van der Waals surface area contributed by atoms with Crippen LogP contribution in [0.25, 0.3) is 0 Å². The Balaban J connectivity index is 1.70. The number of morpholine rings is 2. The Labute approximate surface area is 180 Å². The lowest BCUT2D eigenvalue weighted by Crippen LogP contribution is -2.41. The van der Waals surface area contributed by atoms with Crippen LogP contribution in [0.5, 0.6) is 0 Å². The van der Waals surface area contributed by atoms with Crippen molar-refractivity contribution >= 4 is 27.3 Å². The van der Waals surface area contributed by atoms with E-state index in [1.807, 2.05) is 4.90 Å². The summed E-state index contributed by atoms with van der Waals surface area (Å²) in [6, 6.07) is 10.1. The monoisotopic (exact) mass is 449 g/mol. The van der Waals surface area contributed by atoms with Crippen LogP contribution in [0.4, 0.5) is 15.8 Å². The second kappa shape index (κ2) is 9.31. The molecule has 2 aromatic rings.